The summed E-state index contributed by atoms with van der Waals surface area (Å²) < 4.78 is 7.36. The number of pyridine rings is 1. The SMILES string of the molecule is COc1ccccc1Cc1cn2cc(C)cc(N)c2n1. The van der Waals surface area contributed by atoms with Gasteiger partial charge in [0.15, 0.2) is 5.65 Å². The van der Waals surface area contributed by atoms with Crippen LogP contribution in [0.4, 0.5) is 5.69 Å². The van der Waals surface area contributed by atoms with Crippen LogP contribution >= 0.6 is 0 Å². The molecule has 1 aromatic carbocycles. The monoisotopic (exact) mass is 267 g/mol. The Morgan fingerprint density at radius 2 is 2.05 bits per heavy atom. The van der Waals surface area contributed by atoms with E-state index in [1.165, 1.54) is 0 Å². The Morgan fingerprint density at radius 3 is 2.85 bits per heavy atom. The number of rotatable bonds is 3. The molecule has 20 heavy (non-hydrogen) atoms. The average Bonchev–Trinajstić information content (AvgIpc) is 2.82. The smallest absolute Gasteiger partial charge is 0.160 e. The standard InChI is InChI=1S/C16H17N3O/c1-11-7-14(17)16-18-13(10-19(16)9-11)8-12-5-3-4-6-15(12)20-2/h3-7,9-10H,8,17H2,1-2H3. The Bertz CT molecular complexity index is 762. The molecule has 4 nitrogen and oxygen atoms in total. The van der Waals surface area contributed by atoms with E-state index in [-0.39, 0.29) is 0 Å². The van der Waals surface area contributed by atoms with Crippen molar-refractivity contribution >= 4 is 11.3 Å². The minimum Gasteiger partial charge on any atom is -0.496 e. The number of hydrogen-bond acceptors (Lipinski definition) is 3. The number of aromatic nitrogens is 2. The fourth-order valence-electron chi connectivity index (χ4n) is 2.45. The third kappa shape index (κ3) is 2.20. The van der Waals surface area contributed by atoms with E-state index in [2.05, 4.69) is 11.1 Å². The highest BCUT2D eigenvalue weighted by atomic mass is 16.5. The van der Waals surface area contributed by atoms with Crippen molar-refractivity contribution in [3.63, 3.8) is 0 Å². The van der Waals surface area contributed by atoms with E-state index in [0.29, 0.717) is 5.69 Å². The van der Waals surface area contributed by atoms with Crippen LogP contribution in [0.2, 0.25) is 0 Å². The molecule has 2 aromatic heterocycles. The van der Waals surface area contributed by atoms with Crippen LogP contribution in [0.5, 0.6) is 5.75 Å². The summed E-state index contributed by atoms with van der Waals surface area (Å²) in [5.41, 5.74) is 10.7. The zero-order chi connectivity index (χ0) is 14.1. The van der Waals surface area contributed by atoms with Gasteiger partial charge in [-0.05, 0) is 24.6 Å². The van der Waals surface area contributed by atoms with Crippen molar-refractivity contribution in [3.05, 3.63) is 59.5 Å². The van der Waals surface area contributed by atoms with Crippen molar-refractivity contribution in [1.29, 1.82) is 0 Å². The van der Waals surface area contributed by atoms with Gasteiger partial charge in [0.05, 0.1) is 18.5 Å². The molecule has 0 fully saturated rings. The second kappa shape index (κ2) is 4.89. The third-order valence-corrected chi connectivity index (χ3v) is 3.33. The number of nitrogens with zero attached hydrogens (tertiary/aromatic N) is 2. The molecule has 3 aromatic rings. The number of aryl methyl sites for hydroxylation is 1. The maximum Gasteiger partial charge on any atom is 0.160 e. The summed E-state index contributed by atoms with van der Waals surface area (Å²) in [6.07, 6.45) is 4.78. The highest BCUT2D eigenvalue weighted by Gasteiger charge is 2.08. The molecule has 4 heteroatoms. The number of anilines is 1. The van der Waals surface area contributed by atoms with E-state index in [9.17, 15) is 0 Å². The summed E-state index contributed by atoms with van der Waals surface area (Å²) in [4.78, 5) is 4.61. The third-order valence-electron chi connectivity index (χ3n) is 3.33. The summed E-state index contributed by atoms with van der Waals surface area (Å²) in [5, 5.41) is 0. The molecule has 0 unspecified atom stereocenters. The summed E-state index contributed by atoms with van der Waals surface area (Å²) in [6.45, 7) is 2.02. The lowest BCUT2D eigenvalue weighted by Gasteiger charge is -2.05. The van der Waals surface area contributed by atoms with Crippen molar-refractivity contribution in [3.8, 4) is 5.75 Å². The number of imidazole rings is 1. The molecule has 0 aliphatic carbocycles. The van der Waals surface area contributed by atoms with E-state index in [1.807, 2.05) is 48.0 Å². The van der Waals surface area contributed by atoms with Crippen molar-refractivity contribution < 1.29 is 4.74 Å². The number of benzene rings is 1. The maximum absolute atomic E-state index is 6.01. The number of nitrogens with two attached hydrogens (primary N) is 1. The second-order valence-corrected chi connectivity index (χ2v) is 4.92. The Hall–Kier alpha value is -2.49. The summed E-state index contributed by atoms with van der Waals surface area (Å²) in [6, 6.07) is 9.93. The lowest BCUT2D eigenvalue weighted by atomic mass is 10.1. The maximum atomic E-state index is 6.01. The first kappa shape index (κ1) is 12.5. The highest BCUT2D eigenvalue weighted by Crippen LogP contribution is 2.22. The Labute approximate surface area is 117 Å². The van der Waals surface area contributed by atoms with Crippen LogP contribution in [0, 0.1) is 6.92 Å². The lowest BCUT2D eigenvalue weighted by Crippen LogP contribution is -1.94. The predicted molar refractivity (Wildman–Crippen MR) is 80.1 cm³/mol. The molecule has 3 rings (SSSR count). The minimum atomic E-state index is 0.705. The molecule has 0 atom stereocenters. The normalized spacial score (nSPS) is 10.9. The fourth-order valence-corrected chi connectivity index (χ4v) is 2.45. The Balaban J connectivity index is 2.01. The van der Waals surface area contributed by atoms with E-state index in [4.69, 9.17) is 10.5 Å². The average molecular weight is 267 g/mol. The molecule has 0 amide bonds. The molecule has 0 aliphatic heterocycles. The first-order valence-electron chi connectivity index (χ1n) is 6.53. The van der Waals surface area contributed by atoms with Crippen LogP contribution in [0.3, 0.4) is 0 Å². The van der Waals surface area contributed by atoms with Crippen LogP contribution < -0.4 is 10.5 Å². The van der Waals surface area contributed by atoms with Gasteiger partial charge in [-0.25, -0.2) is 4.98 Å². The van der Waals surface area contributed by atoms with Gasteiger partial charge in [-0.1, -0.05) is 18.2 Å². The molecule has 0 spiro atoms. The Kier molecular flexibility index (Phi) is 3.06. The van der Waals surface area contributed by atoms with Crippen molar-refractivity contribution in [2.75, 3.05) is 12.8 Å². The van der Waals surface area contributed by atoms with Gasteiger partial charge >= 0.3 is 0 Å². The van der Waals surface area contributed by atoms with Gasteiger partial charge in [-0.3, -0.25) is 0 Å². The van der Waals surface area contributed by atoms with Gasteiger partial charge in [-0.15, -0.1) is 0 Å². The van der Waals surface area contributed by atoms with Gasteiger partial charge in [0.2, 0.25) is 0 Å². The van der Waals surface area contributed by atoms with Gasteiger partial charge in [0, 0.05) is 24.4 Å². The quantitative estimate of drug-likeness (QED) is 0.794. The molecule has 0 saturated carbocycles. The number of nitrogen functional groups attached to an aromatic ring is 1. The van der Waals surface area contributed by atoms with Crippen LogP contribution in [0.25, 0.3) is 5.65 Å². The van der Waals surface area contributed by atoms with Gasteiger partial charge in [0.1, 0.15) is 5.75 Å². The van der Waals surface area contributed by atoms with E-state index >= 15 is 0 Å². The van der Waals surface area contributed by atoms with Crippen molar-refractivity contribution in [2.24, 2.45) is 0 Å². The molecule has 0 radical (unpaired) electrons. The molecule has 0 aliphatic rings. The molecule has 2 heterocycles. The molecule has 0 saturated heterocycles. The number of hydrogen-bond donors (Lipinski definition) is 1. The second-order valence-electron chi connectivity index (χ2n) is 4.92. The van der Waals surface area contributed by atoms with Gasteiger partial charge in [0.25, 0.3) is 0 Å². The highest BCUT2D eigenvalue weighted by molar-refractivity contribution is 5.65. The molecule has 2 N–H and O–H groups in total. The van der Waals surface area contributed by atoms with Gasteiger partial charge in [-0.2, -0.15) is 0 Å². The number of methoxy groups -OCH3 is 1. The van der Waals surface area contributed by atoms with Gasteiger partial charge < -0.3 is 14.9 Å². The number of fused-ring (bicyclic) bond motifs is 1. The zero-order valence-corrected chi connectivity index (χ0v) is 11.6. The first-order valence-corrected chi connectivity index (χ1v) is 6.53. The number of para-hydroxylation sites is 1. The topological polar surface area (TPSA) is 52.5 Å². The number of ether oxygens (including phenoxy) is 1. The fraction of sp³-hybridized carbons (Fsp3) is 0.188. The van der Waals surface area contributed by atoms with E-state index < -0.39 is 0 Å². The van der Waals surface area contributed by atoms with E-state index in [0.717, 1.165) is 34.6 Å². The molecular weight excluding hydrogens is 250 g/mol. The van der Waals surface area contributed by atoms with Crippen molar-refractivity contribution in [2.45, 2.75) is 13.3 Å². The van der Waals surface area contributed by atoms with Crippen LogP contribution in [-0.2, 0) is 6.42 Å². The predicted octanol–water partition coefficient (Wildman–Crippen LogP) is 2.82. The van der Waals surface area contributed by atoms with Crippen LogP contribution in [0.15, 0.2) is 42.7 Å². The largest absolute Gasteiger partial charge is 0.496 e. The van der Waals surface area contributed by atoms with E-state index in [1.54, 1.807) is 7.11 Å². The Morgan fingerprint density at radius 1 is 1.25 bits per heavy atom. The van der Waals surface area contributed by atoms with Crippen LogP contribution in [-0.4, -0.2) is 16.5 Å². The summed E-state index contributed by atoms with van der Waals surface area (Å²) >= 11 is 0. The first-order chi connectivity index (χ1) is 9.67. The van der Waals surface area contributed by atoms with Crippen LogP contribution in [0.1, 0.15) is 16.8 Å². The summed E-state index contributed by atoms with van der Waals surface area (Å²) in [7, 11) is 1.68. The summed E-state index contributed by atoms with van der Waals surface area (Å²) in [5.74, 6) is 0.883. The molecule has 102 valence electrons. The zero-order valence-electron chi connectivity index (χ0n) is 11.6. The molecular formula is C16H17N3O. The van der Waals surface area contributed by atoms with Crippen molar-refractivity contribution in [1.82, 2.24) is 9.38 Å². The molecule has 0 bridgehead atoms. The minimum absolute atomic E-state index is 0.705. The lowest BCUT2D eigenvalue weighted by molar-refractivity contribution is 0.410.